The van der Waals surface area contributed by atoms with E-state index in [-0.39, 0.29) is 12.2 Å². The van der Waals surface area contributed by atoms with Gasteiger partial charge < -0.3 is 4.74 Å². The summed E-state index contributed by atoms with van der Waals surface area (Å²) in [4.78, 5) is 12.0. The molecule has 0 aliphatic rings. The maximum atomic E-state index is 12.0. The largest absolute Gasteiger partial charge is 0.458 e. The minimum Gasteiger partial charge on any atom is -0.458 e. The molecule has 4 nitrogen and oxygen atoms in total. The van der Waals surface area contributed by atoms with E-state index in [0.29, 0.717) is 15.7 Å². The molecule has 0 atom stereocenters. The van der Waals surface area contributed by atoms with Crippen molar-refractivity contribution >= 4 is 29.2 Å². The number of carbonyl (C=O) groups excluding carboxylic acids is 1. The first-order valence-corrected chi connectivity index (χ1v) is 7.01. The summed E-state index contributed by atoms with van der Waals surface area (Å²) in [5.74, 6) is -0.505. The number of rotatable bonds is 4. The standard InChI is InChI=1S/C15H14Cl2N2O2/c1-4-7-21-15(20)12-8-11(5-6-13(12)16)19-10(3)14(17)9(2)18-19/h4-6,8H,1,7H2,2-3H3. The van der Waals surface area contributed by atoms with E-state index < -0.39 is 5.97 Å². The van der Waals surface area contributed by atoms with E-state index in [1.54, 1.807) is 22.9 Å². The first-order valence-electron chi connectivity index (χ1n) is 6.25. The van der Waals surface area contributed by atoms with Crippen LogP contribution in [-0.4, -0.2) is 22.4 Å². The number of hydrogen-bond donors (Lipinski definition) is 0. The molecule has 110 valence electrons. The minimum absolute atomic E-state index is 0.130. The van der Waals surface area contributed by atoms with Crippen LogP contribution in [0.3, 0.4) is 0 Å². The second-order valence-corrected chi connectivity index (χ2v) is 5.23. The van der Waals surface area contributed by atoms with Crippen LogP contribution in [0, 0.1) is 13.8 Å². The predicted octanol–water partition coefficient (Wildman–Crippen LogP) is 4.14. The highest BCUT2D eigenvalue weighted by molar-refractivity contribution is 6.33. The van der Waals surface area contributed by atoms with Gasteiger partial charge in [0.25, 0.3) is 0 Å². The Morgan fingerprint density at radius 2 is 2.14 bits per heavy atom. The Hall–Kier alpha value is -1.78. The molecular formula is C15H14Cl2N2O2. The van der Waals surface area contributed by atoms with Gasteiger partial charge in [-0.3, -0.25) is 0 Å². The van der Waals surface area contributed by atoms with Crippen LogP contribution in [0.2, 0.25) is 10.0 Å². The molecule has 2 rings (SSSR count). The summed E-state index contributed by atoms with van der Waals surface area (Å²) in [6.45, 7) is 7.30. The molecule has 0 unspecified atom stereocenters. The smallest absolute Gasteiger partial charge is 0.340 e. The van der Waals surface area contributed by atoms with Gasteiger partial charge in [0, 0.05) is 0 Å². The summed E-state index contributed by atoms with van der Waals surface area (Å²) in [6.07, 6.45) is 1.50. The van der Waals surface area contributed by atoms with E-state index in [2.05, 4.69) is 11.7 Å². The SMILES string of the molecule is C=CCOC(=O)c1cc(-n2nc(C)c(Cl)c2C)ccc1Cl. The Morgan fingerprint density at radius 3 is 2.71 bits per heavy atom. The number of aryl methyl sites for hydroxylation is 1. The van der Waals surface area contributed by atoms with Crippen LogP contribution < -0.4 is 0 Å². The van der Waals surface area contributed by atoms with Crippen LogP contribution in [0.5, 0.6) is 0 Å². The van der Waals surface area contributed by atoms with Crippen LogP contribution >= 0.6 is 23.2 Å². The van der Waals surface area contributed by atoms with Gasteiger partial charge in [0.15, 0.2) is 0 Å². The van der Waals surface area contributed by atoms with E-state index in [9.17, 15) is 4.79 Å². The molecule has 0 N–H and O–H groups in total. The Kier molecular flexibility index (Phi) is 4.70. The molecule has 0 spiro atoms. The third-order valence-electron chi connectivity index (χ3n) is 2.95. The van der Waals surface area contributed by atoms with Gasteiger partial charge in [-0.2, -0.15) is 5.10 Å². The lowest BCUT2D eigenvalue weighted by Gasteiger charge is -2.09. The molecule has 6 heteroatoms. The van der Waals surface area contributed by atoms with Gasteiger partial charge in [0.1, 0.15) is 6.61 Å². The Bertz CT molecular complexity index is 708. The average molecular weight is 325 g/mol. The fourth-order valence-corrected chi connectivity index (χ4v) is 2.20. The molecule has 0 saturated heterocycles. The zero-order valence-corrected chi connectivity index (χ0v) is 13.2. The number of carbonyl (C=O) groups is 1. The van der Waals surface area contributed by atoms with Crippen molar-refractivity contribution in [2.45, 2.75) is 13.8 Å². The number of benzene rings is 1. The van der Waals surface area contributed by atoms with Crippen molar-refractivity contribution in [3.8, 4) is 5.69 Å². The molecule has 0 bridgehead atoms. The zero-order chi connectivity index (χ0) is 15.6. The van der Waals surface area contributed by atoms with Gasteiger partial charge in [0.2, 0.25) is 0 Å². The summed E-state index contributed by atoms with van der Waals surface area (Å²) >= 11 is 12.2. The van der Waals surface area contributed by atoms with E-state index in [4.69, 9.17) is 27.9 Å². The molecule has 0 radical (unpaired) electrons. The molecule has 1 aromatic carbocycles. The van der Waals surface area contributed by atoms with Gasteiger partial charge in [-0.15, -0.1) is 0 Å². The molecule has 0 aliphatic heterocycles. The number of halogens is 2. The fraction of sp³-hybridized carbons (Fsp3) is 0.200. The summed E-state index contributed by atoms with van der Waals surface area (Å²) in [5.41, 5.74) is 2.49. The molecule has 0 fully saturated rings. The van der Waals surface area contributed by atoms with Gasteiger partial charge in [-0.05, 0) is 32.0 Å². The minimum atomic E-state index is -0.505. The quantitative estimate of drug-likeness (QED) is 0.627. The zero-order valence-electron chi connectivity index (χ0n) is 11.7. The van der Waals surface area contributed by atoms with Crippen molar-refractivity contribution in [3.05, 3.63) is 57.9 Å². The van der Waals surface area contributed by atoms with Crippen LogP contribution in [0.4, 0.5) is 0 Å². The van der Waals surface area contributed by atoms with E-state index in [0.717, 1.165) is 11.4 Å². The monoisotopic (exact) mass is 324 g/mol. The maximum Gasteiger partial charge on any atom is 0.340 e. The second-order valence-electron chi connectivity index (χ2n) is 4.45. The van der Waals surface area contributed by atoms with Crippen LogP contribution in [0.25, 0.3) is 5.69 Å². The first kappa shape index (κ1) is 15.6. The summed E-state index contributed by atoms with van der Waals surface area (Å²) < 4.78 is 6.68. The van der Waals surface area contributed by atoms with E-state index in [1.807, 2.05) is 13.8 Å². The van der Waals surface area contributed by atoms with Crippen molar-refractivity contribution in [1.29, 1.82) is 0 Å². The van der Waals surface area contributed by atoms with Gasteiger partial charge in [0.05, 0.1) is 32.7 Å². The van der Waals surface area contributed by atoms with E-state index >= 15 is 0 Å². The summed E-state index contributed by atoms with van der Waals surface area (Å²) in [7, 11) is 0. The van der Waals surface area contributed by atoms with Crippen LogP contribution in [0.15, 0.2) is 30.9 Å². The lowest BCUT2D eigenvalue weighted by molar-refractivity contribution is 0.0550. The third-order valence-corrected chi connectivity index (χ3v) is 3.83. The number of hydrogen-bond acceptors (Lipinski definition) is 3. The van der Waals surface area contributed by atoms with Crippen molar-refractivity contribution in [2.24, 2.45) is 0 Å². The number of aromatic nitrogens is 2. The molecule has 1 aromatic heterocycles. The van der Waals surface area contributed by atoms with Gasteiger partial charge in [-0.25, -0.2) is 9.48 Å². The highest BCUT2D eigenvalue weighted by Crippen LogP contribution is 2.25. The van der Waals surface area contributed by atoms with Crippen molar-refractivity contribution in [1.82, 2.24) is 9.78 Å². The maximum absolute atomic E-state index is 12.0. The lowest BCUT2D eigenvalue weighted by atomic mass is 10.2. The normalized spacial score (nSPS) is 10.5. The van der Waals surface area contributed by atoms with Crippen LogP contribution in [-0.2, 0) is 4.74 Å². The van der Waals surface area contributed by atoms with Gasteiger partial charge >= 0.3 is 5.97 Å². The molecule has 0 amide bonds. The lowest BCUT2D eigenvalue weighted by Crippen LogP contribution is -2.08. The summed E-state index contributed by atoms with van der Waals surface area (Å²) in [5, 5.41) is 5.26. The second kappa shape index (κ2) is 6.33. The van der Waals surface area contributed by atoms with Crippen LogP contribution in [0.1, 0.15) is 21.7 Å². The number of esters is 1. The van der Waals surface area contributed by atoms with Crippen molar-refractivity contribution in [3.63, 3.8) is 0 Å². The predicted molar refractivity (Wildman–Crippen MR) is 83.5 cm³/mol. The molecule has 0 aliphatic carbocycles. The average Bonchev–Trinajstić information content (AvgIpc) is 2.73. The molecule has 21 heavy (non-hydrogen) atoms. The number of nitrogens with zero attached hydrogens (tertiary/aromatic N) is 2. The summed E-state index contributed by atoms with van der Waals surface area (Å²) in [6, 6.07) is 5.03. The highest BCUT2D eigenvalue weighted by atomic mass is 35.5. The van der Waals surface area contributed by atoms with Crippen molar-refractivity contribution < 1.29 is 9.53 Å². The molecule has 1 heterocycles. The topological polar surface area (TPSA) is 44.1 Å². The third kappa shape index (κ3) is 3.12. The van der Waals surface area contributed by atoms with E-state index in [1.165, 1.54) is 6.08 Å². The highest BCUT2D eigenvalue weighted by Gasteiger charge is 2.16. The fourth-order valence-electron chi connectivity index (χ4n) is 1.89. The number of ether oxygens (including phenoxy) is 1. The Morgan fingerprint density at radius 1 is 1.43 bits per heavy atom. The molecule has 0 saturated carbocycles. The Balaban J connectivity index is 2.45. The van der Waals surface area contributed by atoms with Crippen molar-refractivity contribution in [2.75, 3.05) is 6.61 Å². The molecule has 2 aromatic rings. The first-order chi connectivity index (χ1) is 9.95. The van der Waals surface area contributed by atoms with Gasteiger partial charge in [-0.1, -0.05) is 35.9 Å². The Labute approximate surface area is 132 Å². The molecular weight excluding hydrogens is 311 g/mol.